The third-order valence-electron chi connectivity index (χ3n) is 10.8. The van der Waals surface area contributed by atoms with Gasteiger partial charge in [0, 0.05) is 30.6 Å². The first-order valence-corrected chi connectivity index (χ1v) is 20.5. The predicted octanol–water partition coefficient (Wildman–Crippen LogP) is 7.78. The van der Waals surface area contributed by atoms with Crippen molar-refractivity contribution in [2.24, 2.45) is 11.8 Å². The van der Waals surface area contributed by atoms with Crippen molar-refractivity contribution in [1.29, 1.82) is 0 Å². The molecule has 6 aromatic rings. The molecule has 0 saturated heterocycles. The summed E-state index contributed by atoms with van der Waals surface area (Å²) >= 11 is 0. The molecule has 4 amide bonds. The Bertz CT molecular complexity index is 2570. The Hall–Kier alpha value is -6.88. The standard InChI is InChI=1S/C47H54N8O6/c1-9-11-21-55(45(57)43(29(5)6)53-47(59)61-8)27-41-49-25-39(51-41)31-17-19-35-34-18-16-30(22-36(34)32-14-12-13-15-33(32)37(35)23-31)38-24-48-40(50-38)26-54(20-10-2)44(56)42(28(3)4)52-46(58)60-7/h1,12-19,22-25,28-29,42-43H,10-11,20-21,26-27H2,2-8H3,(H,48,50)(H,49,51)(H,52,58)(H,53,59)/t42-,43-/m0/s1. The molecule has 2 atom stereocenters. The summed E-state index contributed by atoms with van der Waals surface area (Å²) in [6, 6.07) is 19.5. The van der Waals surface area contributed by atoms with Crippen molar-refractivity contribution in [1.82, 2.24) is 40.4 Å². The normalized spacial score (nSPS) is 12.3. The average Bonchev–Trinajstić information content (AvgIpc) is 3.95. The maximum Gasteiger partial charge on any atom is 0.407 e. The van der Waals surface area contributed by atoms with E-state index in [1.807, 2.05) is 46.8 Å². The molecule has 0 aliphatic rings. The Morgan fingerprint density at radius 1 is 0.672 bits per heavy atom. The molecule has 0 bridgehead atoms. The van der Waals surface area contributed by atoms with Crippen LogP contribution >= 0.6 is 0 Å². The fourth-order valence-corrected chi connectivity index (χ4v) is 7.63. The third kappa shape index (κ3) is 9.78. The van der Waals surface area contributed by atoms with Gasteiger partial charge in [-0.25, -0.2) is 19.6 Å². The summed E-state index contributed by atoms with van der Waals surface area (Å²) in [4.78, 5) is 70.9. The van der Waals surface area contributed by atoms with Gasteiger partial charge in [-0.1, -0.05) is 83.1 Å². The van der Waals surface area contributed by atoms with Gasteiger partial charge >= 0.3 is 12.2 Å². The number of hydrogen-bond donors (Lipinski definition) is 4. The Labute approximate surface area is 355 Å². The highest BCUT2D eigenvalue weighted by molar-refractivity contribution is 6.26. The monoisotopic (exact) mass is 826 g/mol. The summed E-state index contributed by atoms with van der Waals surface area (Å²) in [5, 5.41) is 11.9. The van der Waals surface area contributed by atoms with E-state index in [0.717, 1.165) is 61.3 Å². The molecule has 4 aromatic carbocycles. The largest absolute Gasteiger partial charge is 0.453 e. The van der Waals surface area contributed by atoms with Gasteiger partial charge in [-0.2, -0.15) is 0 Å². The van der Waals surface area contributed by atoms with Crippen LogP contribution in [-0.2, 0) is 32.2 Å². The lowest BCUT2D eigenvalue weighted by atomic mass is 9.91. The second kappa shape index (κ2) is 19.5. The summed E-state index contributed by atoms with van der Waals surface area (Å²) in [5.41, 5.74) is 3.50. The van der Waals surface area contributed by atoms with E-state index in [0.29, 0.717) is 31.2 Å². The molecule has 14 heteroatoms. The number of hydrogen-bond acceptors (Lipinski definition) is 8. The first-order valence-electron chi connectivity index (χ1n) is 20.5. The minimum absolute atomic E-state index is 0.140. The van der Waals surface area contributed by atoms with Crippen molar-refractivity contribution in [3.05, 3.63) is 84.7 Å². The van der Waals surface area contributed by atoms with Gasteiger partial charge in [0.25, 0.3) is 0 Å². The summed E-state index contributed by atoms with van der Waals surface area (Å²) in [5.74, 6) is 3.03. The smallest absolute Gasteiger partial charge is 0.407 e. The highest BCUT2D eigenvalue weighted by Crippen LogP contribution is 2.38. The fraction of sp³-hybridized carbons (Fsp3) is 0.362. The summed E-state index contributed by atoms with van der Waals surface area (Å²) in [6.45, 7) is 10.7. The molecule has 2 heterocycles. The number of carbonyl (C=O) groups excluding carboxylic acids is 4. The minimum Gasteiger partial charge on any atom is -0.453 e. The molecule has 318 valence electrons. The molecule has 0 saturated carbocycles. The summed E-state index contributed by atoms with van der Waals surface area (Å²) in [6.07, 6.45) is 8.89. The lowest BCUT2D eigenvalue weighted by molar-refractivity contribution is -0.135. The van der Waals surface area contributed by atoms with Crippen LogP contribution in [0.5, 0.6) is 0 Å². The first-order chi connectivity index (χ1) is 29.4. The lowest BCUT2D eigenvalue weighted by Crippen LogP contribution is -2.51. The molecule has 0 aliphatic carbocycles. The number of alkyl carbamates (subject to hydrolysis) is 2. The van der Waals surface area contributed by atoms with Gasteiger partial charge in [0.1, 0.15) is 23.7 Å². The van der Waals surface area contributed by atoms with Gasteiger partial charge in [0.15, 0.2) is 0 Å². The van der Waals surface area contributed by atoms with Crippen LogP contribution in [0.4, 0.5) is 9.59 Å². The van der Waals surface area contributed by atoms with Crippen LogP contribution in [0.25, 0.3) is 54.8 Å². The number of aromatic amines is 2. The number of ether oxygens (including phenoxy) is 2. The third-order valence-corrected chi connectivity index (χ3v) is 10.8. The molecular formula is C47H54N8O6. The van der Waals surface area contributed by atoms with Crippen LogP contribution in [0.3, 0.4) is 0 Å². The Morgan fingerprint density at radius 3 is 1.49 bits per heavy atom. The predicted molar refractivity (Wildman–Crippen MR) is 237 cm³/mol. The molecule has 14 nitrogen and oxygen atoms in total. The number of rotatable bonds is 16. The van der Waals surface area contributed by atoms with E-state index < -0.39 is 24.3 Å². The van der Waals surface area contributed by atoms with Gasteiger partial charge in [-0.05, 0) is 62.7 Å². The number of nitrogens with zero attached hydrogens (tertiary/aromatic N) is 4. The Morgan fingerprint density at radius 2 is 1.10 bits per heavy atom. The van der Waals surface area contributed by atoms with E-state index in [2.05, 4.69) is 85.0 Å². The number of fused-ring (bicyclic) bond motifs is 6. The van der Waals surface area contributed by atoms with Gasteiger partial charge in [0.2, 0.25) is 11.8 Å². The Kier molecular flexibility index (Phi) is 13.9. The second-order valence-electron chi connectivity index (χ2n) is 15.7. The zero-order valence-corrected chi connectivity index (χ0v) is 35.8. The van der Waals surface area contributed by atoms with E-state index in [4.69, 9.17) is 15.9 Å². The molecule has 0 unspecified atom stereocenters. The molecule has 61 heavy (non-hydrogen) atoms. The fourth-order valence-electron chi connectivity index (χ4n) is 7.63. The quantitative estimate of drug-likeness (QED) is 0.0566. The number of amides is 4. The number of aromatic nitrogens is 4. The Balaban J connectivity index is 1.28. The van der Waals surface area contributed by atoms with E-state index in [1.54, 1.807) is 22.2 Å². The number of carbonyl (C=O) groups is 4. The van der Waals surface area contributed by atoms with Crippen LogP contribution in [0.15, 0.2) is 73.1 Å². The average molecular weight is 827 g/mol. The molecule has 0 spiro atoms. The van der Waals surface area contributed by atoms with E-state index in [9.17, 15) is 19.2 Å². The number of nitrogens with one attached hydrogen (secondary N) is 4. The van der Waals surface area contributed by atoms with Gasteiger partial charge in [0.05, 0.1) is 51.1 Å². The molecule has 0 aliphatic heterocycles. The zero-order chi connectivity index (χ0) is 43.8. The van der Waals surface area contributed by atoms with E-state index in [-0.39, 0.29) is 36.7 Å². The van der Waals surface area contributed by atoms with Crippen molar-refractivity contribution >= 4 is 56.3 Å². The summed E-state index contributed by atoms with van der Waals surface area (Å²) < 4.78 is 9.54. The highest BCUT2D eigenvalue weighted by atomic mass is 16.5. The van der Waals surface area contributed by atoms with Crippen molar-refractivity contribution in [2.75, 3.05) is 27.3 Å². The topological polar surface area (TPSA) is 175 Å². The number of H-pyrrole nitrogens is 2. The van der Waals surface area contributed by atoms with Gasteiger partial charge in [-0.15, -0.1) is 12.3 Å². The number of methoxy groups -OCH3 is 2. The van der Waals surface area contributed by atoms with Gasteiger partial charge in [-0.3, -0.25) is 9.59 Å². The van der Waals surface area contributed by atoms with Crippen LogP contribution in [0.2, 0.25) is 0 Å². The van der Waals surface area contributed by atoms with Crippen molar-refractivity contribution in [3.63, 3.8) is 0 Å². The number of benzene rings is 4. The SMILES string of the molecule is C#CCCN(Cc1ncc(-c2ccc3c4ccc(-c5cnc(CN(CCC)C(=O)[C@@H](NC(=O)OC)C(C)C)[nH]5)cc4c4ccccc4c3c2)[nH]1)C(=O)[C@@H](NC(=O)OC)C(C)C. The highest BCUT2D eigenvalue weighted by Gasteiger charge is 2.31. The molecule has 0 radical (unpaired) electrons. The van der Waals surface area contributed by atoms with Crippen LogP contribution in [0.1, 0.15) is 59.1 Å². The molecule has 2 aromatic heterocycles. The maximum atomic E-state index is 13.7. The first kappa shape index (κ1) is 43.7. The second-order valence-corrected chi connectivity index (χ2v) is 15.7. The summed E-state index contributed by atoms with van der Waals surface area (Å²) in [7, 11) is 2.54. The van der Waals surface area contributed by atoms with Crippen molar-refractivity contribution in [3.8, 4) is 34.9 Å². The number of imidazole rings is 2. The van der Waals surface area contributed by atoms with E-state index >= 15 is 0 Å². The van der Waals surface area contributed by atoms with Crippen molar-refractivity contribution in [2.45, 2.75) is 72.6 Å². The molecular weight excluding hydrogens is 773 g/mol. The van der Waals surface area contributed by atoms with E-state index in [1.165, 1.54) is 14.2 Å². The minimum atomic E-state index is -0.795. The van der Waals surface area contributed by atoms with Crippen LogP contribution in [0, 0.1) is 24.2 Å². The van der Waals surface area contributed by atoms with Gasteiger partial charge < -0.3 is 39.9 Å². The van der Waals surface area contributed by atoms with Crippen LogP contribution < -0.4 is 10.6 Å². The molecule has 4 N–H and O–H groups in total. The van der Waals surface area contributed by atoms with Crippen molar-refractivity contribution < 1.29 is 28.7 Å². The lowest BCUT2D eigenvalue weighted by Gasteiger charge is -2.28. The molecule has 6 rings (SSSR count). The molecule has 0 fully saturated rings. The zero-order valence-electron chi connectivity index (χ0n) is 35.8. The van der Waals surface area contributed by atoms with Crippen LogP contribution in [-0.4, -0.2) is 93.1 Å². The number of terminal acetylenes is 1. The maximum absolute atomic E-state index is 13.7.